The molecule has 72 valence electrons. The van der Waals surface area contributed by atoms with E-state index in [1.54, 1.807) is 0 Å². The molecule has 1 fully saturated rings. The second kappa shape index (κ2) is 2.82. The fraction of sp³-hybridized carbons (Fsp3) is 0.364. The van der Waals surface area contributed by atoms with Gasteiger partial charge in [-0.2, -0.15) is 0 Å². The molecule has 1 aromatic heterocycles. The van der Waals surface area contributed by atoms with E-state index in [2.05, 4.69) is 15.6 Å². The molecule has 0 N–H and O–H groups in total. The van der Waals surface area contributed by atoms with Gasteiger partial charge >= 0.3 is 0 Å². The molecule has 3 heteroatoms. The second-order valence-corrected chi connectivity index (χ2v) is 3.71. The van der Waals surface area contributed by atoms with Crippen molar-refractivity contribution in [1.29, 1.82) is 0 Å². The maximum Gasteiger partial charge on any atom is 0.106 e. The third-order valence-electron chi connectivity index (χ3n) is 2.63. The minimum atomic E-state index is 0.409. The average molecular weight is 188 g/mol. The molecule has 0 aliphatic carbocycles. The van der Waals surface area contributed by atoms with Crippen LogP contribution in [0, 0.1) is 6.92 Å². The Bertz CT molecular complexity index is 471. The normalized spacial score (nSPS) is 20.2. The summed E-state index contributed by atoms with van der Waals surface area (Å²) in [6.45, 7) is 3.88. The Morgan fingerprint density at radius 2 is 2.29 bits per heavy atom. The van der Waals surface area contributed by atoms with Gasteiger partial charge in [-0.15, -0.1) is 0 Å². The van der Waals surface area contributed by atoms with E-state index in [9.17, 15) is 0 Å². The van der Waals surface area contributed by atoms with Gasteiger partial charge in [-0.05, 0) is 19.1 Å². The molecule has 1 atom stereocenters. The van der Waals surface area contributed by atoms with Crippen LogP contribution in [0.2, 0.25) is 0 Å². The maximum atomic E-state index is 5.24. The predicted octanol–water partition coefficient (Wildman–Crippen LogP) is 1.74. The Morgan fingerprint density at radius 3 is 3.07 bits per heavy atom. The molecule has 0 bridgehead atoms. The van der Waals surface area contributed by atoms with Gasteiger partial charge in [-0.25, -0.2) is 4.98 Å². The van der Waals surface area contributed by atoms with Gasteiger partial charge in [0.1, 0.15) is 5.82 Å². The zero-order valence-electron chi connectivity index (χ0n) is 8.10. The molecule has 0 unspecified atom stereocenters. The van der Waals surface area contributed by atoms with Gasteiger partial charge in [0.25, 0.3) is 0 Å². The summed E-state index contributed by atoms with van der Waals surface area (Å²) in [6, 6.07) is 8.23. The molecular formula is C11H12N2O. The van der Waals surface area contributed by atoms with E-state index >= 15 is 0 Å². The lowest BCUT2D eigenvalue weighted by atomic mass is 10.3. The minimum absolute atomic E-state index is 0.409. The van der Waals surface area contributed by atoms with Crippen LogP contribution in [0.4, 0.5) is 0 Å². The standard InChI is InChI=1S/C11H12N2O/c1-8-12-10-4-2-3-5-11(10)13(8)6-9-7-14-9/h2-5,9H,6-7H2,1H3/t9-/m0/s1. The second-order valence-electron chi connectivity index (χ2n) is 3.71. The van der Waals surface area contributed by atoms with Crippen molar-refractivity contribution >= 4 is 11.0 Å². The van der Waals surface area contributed by atoms with E-state index in [0.29, 0.717) is 6.10 Å². The minimum Gasteiger partial charge on any atom is -0.371 e. The third kappa shape index (κ3) is 1.21. The first-order valence-corrected chi connectivity index (χ1v) is 4.88. The van der Waals surface area contributed by atoms with Crippen LogP contribution in [0.25, 0.3) is 11.0 Å². The highest BCUT2D eigenvalue weighted by molar-refractivity contribution is 5.75. The van der Waals surface area contributed by atoms with Crippen molar-refractivity contribution in [1.82, 2.24) is 9.55 Å². The zero-order valence-corrected chi connectivity index (χ0v) is 8.10. The summed E-state index contributed by atoms with van der Waals surface area (Å²) in [7, 11) is 0. The van der Waals surface area contributed by atoms with Crippen LogP contribution < -0.4 is 0 Å². The number of aromatic nitrogens is 2. The van der Waals surface area contributed by atoms with Gasteiger partial charge in [0.05, 0.1) is 30.3 Å². The van der Waals surface area contributed by atoms with E-state index in [1.165, 1.54) is 5.52 Å². The Kier molecular flexibility index (Phi) is 1.61. The van der Waals surface area contributed by atoms with Gasteiger partial charge < -0.3 is 9.30 Å². The molecule has 1 saturated heterocycles. The molecule has 3 nitrogen and oxygen atoms in total. The number of rotatable bonds is 2. The Hall–Kier alpha value is -1.35. The molecule has 1 aliphatic heterocycles. The van der Waals surface area contributed by atoms with Crippen molar-refractivity contribution in [3.63, 3.8) is 0 Å². The monoisotopic (exact) mass is 188 g/mol. The summed E-state index contributed by atoms with van der Waals surface area (Å²) in [5, 5.41) is 0. The first-order chi connectivity index (χ1) is 6.84. The largest absolute Gasteiger partial charge is 0.371 e. The number of nitrogens with zero attached hydrogens (tertiary/aromatic N) is 2. The molecule has 0 saturated carbocycles. The summed E-state index contributed by atoms with van der Waals surface area (Å²) in [4.78, 5) is 4.50. The van der Waals surface area contributed by atoms with Crippen LogP contribution >= 0.6 is 0 Å². The number of benzene rings is 1. The maximum absolute atomic E-state index is 5.24. The van der Waals surface area contributed by atoms with Crippen molar-refractivity contribution in [3.05, 3.63) is 30.1 Å². The summed E-state index contributed by atoms with van der Waals surface area (Å²) < 4.78 is 7.47. The molecule has 0 amide bonds. The van der Waals surface area contributed by atoms with Crippen molar-refractivity contribution in [2.24, 2.45) is 0 Å². The average Bonchev–Trinajstić information content (AvgIpc) is 2.93. The van der Waals surface area contributed by atoms with Crippen LogP contribution in [-0.2, 0) is 11.3 Å². The highest BCUT2D eigenvalue weighted by Gasteiger charge is 2.24. The molecular weight excluding hydrogens is 176 g/mol. The van der Waals surface area contributed by atoms with E-state index in [1.807, 2.05) is 25.1 Å². The van der Waals surface area contributed by atoms with Crippen molar-refractivity contribution in [2.45, 2.75) is 19.6 Å². The highest BCUT2D eigenvalue weighted by atomic mass is 16.6. The van der Waals surface area contributed by atoms with Gasteiger partial charge in [-0.3, -0.25) is 0 Å². The lowest BCUT2D eigenvalue weighted by Crippen LogP contribution is -2.05. The molecule has 2 heterocycles. The van der Waals surface area contributed by atoms with Crippen LogP contribution in [0.1, 0.15) is 5.82 Å². The zero-order chi connectivity index (χ0) is 9.54. The fourth-order valence-electron chi connectivity index (χ4n) is 1.80. The van der Waals surface area contributed by atoms with Crippen LogP contribution in [0.5, 0.6) is 0 Å². The number of hydrogen-bond donors (Lipinski definition) is 0. The number of para-hydroxylation sites is 2. The van der Waals surface area contributed by atoms with E-state index in [4.69, 9.17) is 4.74 Å². The Morgan fingerprint density at radius 1 is 1.50 bits per heavy atom. The van der Waals surface area contributed by atoms with E-state index in [0.717, 1.165) is 24.5 Å². The summed E-state index contributed by atoms with van der Waals surface area (Å²) in [5.74, 6) is 1.07. The predicted molar refractivity (Wildman–Crippen MR) is 54.2 cm³/mol. The van der Waals surface area contributed by atoms with Gasteiger partial charge in [0, 0.05) is 0 Å². The van der Waals surface area contributed by atoms with Crippen LogP contribution in [0.3, 0.4) is 0 Å². The van der Waals surface area contributed by atoms with Gasteiger partial charge in [-0.1, -0.05) is 12.1 Å². The summed E-state index contributed by atoms with van der Waals surface area (Å²) in [5.41, 5.74) is 2.28. The lowest BCUT2D eigenvalue weighted by Gasteiger charge is -2.02. The Labute approximate surface area is 82.3 Å². The number of hydrogen-bond acceptors (Lipinski definition) is 2. The first kappa shape index (κ1) is 8.00. The molecule has 1 aliphatic rings. The molecule has 1 aromatic carbocycles. The third-order valence-corrected chi connectivity index (χ3v) is 2.63. The number of fused-ring (bicyclic) bond motifs is 1. The first-order valence-electron chi connectivity index (χ1n) is 4.88. The fourth-order valence-corrected chi connectivity index (χ4v) is 1.80. The molecule has 2 aromatic rings. The molecule has 0 radical (unpaired) electrons. The van der Waals surface area contributed by atoms with Gasteiger partial charge in [0.15, 0.2) is 0 Å². The number of imidazole rings is 1. The summed E-state index contributed by atoms with van der Waals surface area (Å²) in [6.07, 6.45) is 0.409. The van der Waals surface area contributed by atoms with Crippen LogP contribution in [-0.4, -0.2) is 22.3 Å². The Balaban J connectivity index is 2.13. The van der Waals surface area contributed by atoms with Gasteiger partial charge in [0.2, 0.25) is 0 Å². The SMILES string of the molecule is Cc1nc2ccccc2n1C[C@H]1CO1. The topological polar surface area (TPSA) is 30.4 Å². The number of epoxide rings is 1. The van der Waals surface area contributed by atoms with Crippen LogP contribution in [0.15, 0.2) is 24.3 Å². The molecule has 3 rings (SSSR count). The highest BCUT2D eigenvalue weighted by Crippen LogP contribution is 2.19. The number of aryl methyl sites for hydroxylation is 1. The molecule has 14 heavy (non-hydrogen) atoms. The van der Waals surface area contributed by atoms with E-state index < -0.39 is 0 Å². The smallest absolute Gasteiger partial charge is 0.106 e. The summed E-state index contributed by atoms with van der Waals surface area (Å²) >= 11 is 0. The quantitative estimate of drug-likeness (QED) is 0.672. The molecule has 0 spiro atoms. The van der Waals surface area contributed by atoms with E-state index in [-0.39, 0.29) is 0 Å². The number of ether oxygens (including phenoxy) is 1. The van der Waals surface area contributed by atoms with Crippen molar-refractivity contribution in [2.75, 3.05) is 6.61 Å². The lowest BCUT2D eigenvalue weighted by molar-refractivity contribution is 0.383. The van der Waals surface area contributed by atoms with Crippen molar-refractivity contribution < 1.29 is 4.74 Å². The van der Waals surface area contributed by atoms with Crippen molar-refractivity contribution in [3.8, 4) is 0 Å².